The number of halogens is 4. The van der Waals surface area contributed by atoms with Gasteiger partial charge >= 0.3 is 0 Å². The molecule has 2 aromatic rings. The minimum Gasteiger partial charge on any atom is -0.506 e. The number of phenols is 1. The molecule has 0 aliphatic carbocycles. The first-order valence-electron chi connectivity index (χ1n) is 7.13. The van der Waals surface area contributed by atoms with Crippen LogP contribution in [0.2, 0.25) is 15.1 Å². The Bertz CT molecular complexity index is 965. The molecule has 0 aromatic heterocycles. The van der Waals surface area contributed by atoms with Crippen LogP contribution in [0.4, 0.5) is 9.18 Å². The summed E-state index contributed by atoms with van der Waals surface area (Å²) >= 11 is 18.4. The summed E-state index contributed by atoms with van der Waals surface area (Å²) in [5, 5.41) is 9.91. The van der Waals surface area contributed by atoms with Gasteiger partial charge in [-0.05, 0) is 47.7 Å². The van der Waals surface area contributed by atoms with E-state index in [1.54, 1.807) is 0 Å². The Morgan fingerprint density at radius 2 is 1.85 bits per heavy atom. The summed E-state index contributed by atoms with van der Waals surface area (Å²) in [4.78, 5) is 25.8. The fourth-order valence-corrected chi connectivity index (χ4v) is 3.86. The number of benzene rings is 2. The molecule has 3 rings (SSSR count). The van der Waals surface area contributed by atoms with E-state index in [1.807, 2.05) is 0 Å². The average Bonchev–Trinajstić information content (AvgIpc) is 2.82. The number of amides is 2. The maximum atomic E-state index is 13.1. The highest BCUT2D eigenvalue weighted by Gasteiger charge is 2.35. The molecule has 0 spiro atoms. The van der Waals surface area contributed by atoms with Crippen LogP contribution in [0.3, 0.4) is 0 Å². The molecule has 0 atom stereocenters. The van der Waals surface area contributed by atoms with Gasteiger partial charge in [-0.25, -0.2) is 4.39 Å². The van der Waals surface area contributed by atoms with Crippen molar-refractivity contribution in [3.8, 4) is 5.75 Å². The third-order valence-electron chi connectivity index (χ3n) is 3.56. The van der Waals surface area contributed by atoms with Gasteiger partial charge in [-0.3, -0.25) is 14.5 Å². The van der Waals surface area contributed by atoms with Gasteiger partial charge in [0.25, 0.3) is 11.1 Å². The number of aromatic hydroxyl groups is 1. The van der Waals surface area contributed by atoms with Crippen molar-refractivity contribution in [3.05, 3.63) is 67.2 Å². The van der Waals surface area contributed by atoms with Crippen LogP contribution in [0.25, 0.3) is 6.08 Å². The summed E-state index contributed by atoms with van der Waals surface area (Å²) < 4.78 is 13.1. The van der Waals surface area contributed by atoms with E-state index in [-0.39, 0.29) is 37.8 Å². The standard InChI is InChI=1S/C17H9Cl3FNO3S/c18-10-3-9(15(23)13(20)5-10)4-14-16(24)22(17(25)26-14)7-8-1-2-11(21)6-12(8)19/h1-6,23H,7H2/b14-4-. The van der Waals surface area contributed by atoms with E-state index >= 15 is 0 Å². The Morgan fingerprint density at radius 3 is 2.54 bits per heavy atom. The third-order valence-corrected chi connectivity index (χ3v) is 5.33. The smallest absolute Gasteiger partial charge is 0.293 e. The summed E-state index contributed by atoms with van der Waals surface area (Å²) in [7, 11) is 0. The number of hydrogen-bond donors (Lipinski definition) is 1. The van der Waals surface area contributed by atoms with Crippen LogP contribution in [0, 0.1) is 5.82 Å². The van der Waals surface area contributed by atoms with Gasteiger partial charge < -0.3 is 5.11 Å². The number of thioether (sulfide) groups is 1. The Balaban J connectivity index is 1.89. The topological polar surface area (TPSA) is 57.6 Å². The molecule has 1 heterocycles. The summed E-state index contributed by atoms with van der Waals surface area (Å²) in [6.07, 6.45) is 1.34. The molecular weight excluding hydrogens is 424 g/mol. The lowest BCUT2D eigenvalue weighted by atomic mass is 10.1. The molecule has 2 amide bonds. The van der Waals surface area contributed by atoms with Gasteiger partial charge in [0.1, 0.15) is 11.6 Å². The second-order valence-corrected chi connectivity index (χ2v) is 7.57. The molecule has 134 valence electrons. The quantitative estimate of drug-likeness (QED) is 0.629. The van der Waals surface area contributed by atoms with Gasteiger partial charge in [-0.2, -0.15) is 0 Å². The number of phenolic OH excluding ortho intramolecular Hbond substituents is 1. The highest BCUT2D eigenvalue weighted by atomic mass is 35.5. The molecule has 0 saturated carbocycles. The Labute approximate surface area is 167 Å². The zero-order valence-corrected chi connectivity index (χ0v) is 15.9. The van der Waals surface area contributed by atoms with E-state index in [1.165, 1.54) is 30.3 Å². The minimum absolute atomic E-state index is 0.0288. The number of carbonyl (C=O) groups is 2. The first kappa shape index (κ1) is 19.0. The monoisotopic (exact) mass is 431 g/mol. The van der Waals surface area contributed by atoms with Crippen molar-refractivity contribution in [1.29, 1.82) is 0 Å². The lowest BCUT2D eigenvalue weighted by Crippen LogP contribution is -2.27. The maximum Gasteiger partial charge on any atom is 0.293 e. The Kier molecular flexibility index (Phi) is 5.48. The van der Waals surface area contributed by atoms with E-state index in [0.717, 1.165) is 11.0 Å². The molecule has 26 heavy (non-hydrogen) atoms. The van der Waals surface area contributed by atoms with Crippen molar-refractivity contribution >= 4 is 63.8 Å². The van der Waals surface area contributed by atoms with Crippen molar-refractivity contribution in [2.75, 3.05) is 0 Å². The molecule has 4 nitrogen and oxygen atoms in total. The van der Waals surface area contributed by atoms with Crippen molar-refractivity contribution in [2.24, 2.45) is 0 Å². The number of carbonyl (C=O) groups excluding carboxylic acids is 2. The summed E-state index contributed by atoms with van der Waals surface area (Å²) in [5.74, 6) is -1.32. The molecule has 0 bridgehead atoms. The largest absolute Gasteiger partial charge is 0.506 e. The van der Waals surface area contributed by atoms with E-state index in [4.69, 9.17) is 34.8 Å². The first-order valence-corrected chi connectivity index (χ1v) is 9.08. The second-order valence-electron chi connectivity index (χ2n) is 5.33. The normalized spacial score (nSPS) is 16.0. The van der Waals surface area contributed by atoms with Crippen LogP contribution in [0.1, 0.15) is 11.1 Å². The Morgan fingerprint density at radius 1 is 1.12 bits per heavy atom. The average molecular weight is 433 g/mol. The van der Waals surface area contributed by atoms with Gasteiger partial charge in [0.15, 0.2) is 0 Å². The van der Waals surface area contributed by atoms with Crippen LogP contribution < -0.4 is 0 Å². The molecule has 1 aliphatic rings. The van der Waals surface area contributed by atoms with Crippen LogP contribution in [-0.2, 0) is 11.3 Å². The predicted molar refractivity (Wildman–Crippen MR) is 101 cm³/mol. The zero-order chi connectivity index (χ0) is 19.0. The van der Waals surface area contributed by atoms with Crippen LogP contribution in [0.5, 0.6) is 5.75 Å². The fourth-order valence-electron chi connectivity index (χ4n) is 2.29. The summed E-state index contributed by atoms with van der Waals surface area (Å²) in [6.45, 7) is -0.0938. The molecule has 1 N–H and O–H groups in total. The highest BCUT2D eigenvalue weighted by Crippen LogP contribution is 2.38. The summed E-state index contributed by atoms with van der Waals surface area (Å²) in [5.41, 5.74) is 0.651. The van der Waals surface area contributed by atoms with Crippen LogP contribution in [-0.4, -0.2) is 21.2 Å². The molecule has 9 heteroatoms. The fraction of sp³-hybridized carbons (Fsp3) is 0.0588. The highest BCUT2D eigenvalue weighted by molar-refractivity contribution is 8.18. The molecule has 2 aromatic carbocycles. The summed E-state index contributed by atoms with van der Waals surface area (Å²) in [6, 6.07) is 6.50. The zero-order valence-electron chi connectivity index (χ0n) is 12.8. The van der Waals surface area contributed by atoms with E-state index in [9.17, 15) is 19.1 Å². The maximum absolute atomic E-state index is 13.1. The molecular formula is C17H9Cl3FNO3S. The molecule has 1 aliphatic heterocycles. The second kappa shape index (κ2) is 7.48. The van der Waals surface area contributed by atoms with E-state index < -0.39 is 17.0 Å². The number of imide groups is 1. The Hall–Kier alpha value is -1.73. The van der Waals surface area contributed by atoms with Gasteiger partial charge in [0, 0.05) is 15.6 Å². The van der Waals surface area contributed by atoms with E-state index in [0.29, 0.717) is 17.3 Å². The SMILES string of the molecule is O=C1S/C(=C\c2cc(Cl)cc(Cl)c2O)C(=O)N1Cc1ccc(F)cc1Cl. The predicted octanol–water partition coefficient (Wildman–Crippen LogP) is 5.73. The minimum atomic E-state index is -0.559. The van der Waals surface area contributed by atoms with Crippen LogP contribution >= 0.6 is 46.6 Å². The molecule has 1 saturated heterocycles. The van der Waals surface area contributed by atoms with Crippen molar-refractivity contribution < 1.29 is 19.1 Å². The van der Waals surface area contributed by atoms with E-state index in [2.05, 4.69) is 0 Å². The van der Waals surface area contributed by atoms with Crippen molar-refractivity contribution in [3.63, 3.8) is 0 Å². The molecule has 0 radical (unpaired) electrons. The first-order chi connectivity index (χ1) is 12.3. The number of nitrogens with zero attached hydrogens (tertiary/aromatic N) is 1. The van der Waals surface area contributed by atoms with Gasteiger partial charge in [0.05, 0.1) is 16.5 Å². The van der Waals surface area contributed by atoms with Crippen molar-refractivity contribution in [2.45, 2.75) is 6.54 Å². The number of rotatable bonds is 3. The third kappa shape index (κ3) is 3.83. The van der Waals surface area contributed by atoms with Gasteiger partial charge in [0.2, 0.25) is 0 Å². The lowest BCUT2D eigenvalue weighted by Gasteiger charge is -2.13. The van der Waals surface area contributed by atoms with Crippen molar-refractivity contribution in [1.82, 2.24) is 4.90 Å². The van der Waals surface area contributed by atoms with Gasteiger partial charge in [-0.1, -0.05) is 40.9 Å². The number of hydrogen-bond acceptors (Lipinski definition) is 4. The molecule has 0 unspecified atom stereocenters. The van der Waals surface area contributed by atoms with Gasteiger partial charge in [-0.15, -0.1) is 0 Å². The molecule has 1 fully saturated rings. The van der Waals surface area contributed by atoms with Crippen LogP contribution in [0.15, 0.2) is 35.2 Å². The lowest BCUT2D eigenvalue weighted by molar-refractivity contribution is -0.123.